The monoisotopic (exact) mass is 376 g/mol. The molecule has 0 bridgehead atoms. The van der Waals surface area contributed by atoms with E-state index in [1.807, 2.05) is 18.2 Å². The van der Waals surface area contributed by atoms with Gasteiger partial charge in [0.25, 0.3) is 0 Å². The van der Waals surface area contributed by atoms with E-state index < -0.39 is 5.60 Å². The van der Waals surface area contributed by atoms with Crippen LogP contribution in [0.15, 0.2) is 78.9 Å². The molecule has 3 aromatic rings. The lowest BCUT2D eigenvalue weighted by atomic mass is 9.94. The Bertz CT molecular complexity index is 936. The van der Waals surface area contributed by atoms with E-state index in [1.165, 1.54) is 0 Å². The second-order valence-electron chi connectivity index (χ2n) is 5.59. The Hall–Kier alpha value is -2.68. The van der Waals surface area contributed by atoms with Crippen LogP contribution >= 0.6 is 23.2 Å². The van der Waals surface area contributed by atoms with Gasteiger partial charge >= 0.3 is 0 Å². The molecular weight excluding hydrogens is 363 g/mol. The van der Waals surface area contributed by atoms with Crippen molar-refractivity contribution in [3.05, 3.63) is 106 Å². The summed E-state index contributed by atoms with van der Waals surface area (Å²) in [5.74, 6) is 11.7. The van der Waals surface area contributed by atoms with Crippen molar-refractivity contribution in [2.45, 2.75) is 5.60 Å². The van der Waals surface area contributed by atoms with Crippen LogP contribution < -0.4 is 0 Å². The lowest BCUT2D eigenvalue weighted by Gasteiger charge is -2.15. The van der Waals surface area contributed by atoms with E-state index >= 15 is 0 Å². The average Bonchev–Trinajstić information content (AvgIpc) is 2.68. The van der Waals surface area contributed by atoms with Crippen LogP contribution in [0.2, 0.25) is 10.0 Å². The molecule has 126 valence electrons. The van der Waals surface area contributed by atoms with Crippen molar-refractivity contribution in [3.63, 3.8) is 0 Å². The summed E-state index contributed by atoms with van der Waals surface area (Å²) >= 11 is 11.8. The van der Waals surface area contributed by atoms with Crippen molar-refractivity contribution >= 4 is 23.2 Å². The molecule has 0 aliphatic carbocycles. The highest BCUT2D eigenvalue weighted by Gasteiger charge is 2.24. The van der Waals surface area contributed by atoms with Crippen molar-refractivity contribution in [2.24, 2.45) is 0 Å². The molecule has 1 N–H and O–H groups in total. The van der Waals surface area contributed by atoms with Crippen LogP contribution in [-0.2, 0) is 5.60 Å². The molecule has 0 heterocycles. The third-order valence-electron chi connectivity index (χ3n) is 3.66. The fraction of sp³-hybridized carbons (Fsp3) is 0.0435. The second kappa shape index (κ2) is 8.13. The largest absolute Gasteiger partial charge is 0.363 e. The average molecular weight is 377 g/mol. The minimum atomic E-state index is -1.60. The van der Waals surface area contributed by atoms with Crippen LogP contribution in [0.3, 0.4) is 0 Å². The van der Waals surface area contributed by atoms with Crippen molar-refractivity contribution < 1.29 is 5.11 Å². The van der Waals surface area contributed by atoms with E-state index in [2.05, 4.69) is 23.7 Å². The Morgan fingerprint density at radius 3 is 1.46 bits per heavy atom. The Morgan fingerprint density at radius 2 is 1.04 bits per heavy atom. The summed E-state index contributed by atoms with van der Waals surface area (Å²) in [5.41, 5.74) is 0.512. The third-order valence-corrected chi connectivity index (χ3v) is 4.16. The highest BCUT2D eigenvalue weighted by Crippen LogP contribution is 2.20. The van der Waals surface area contributed by atoms with Gasteiger partial charge in [0.15, 0.2) is 0 Å². The van der Waals surface area contributed by atoms with Crippen molar-refractivity contribution in [2.75, 3.05) is 0 Å². The van der Waals surface area contributed by atoms with E-state index in [9.17, 15) is 5.11 Å². The molecule has 0 spiro atoms. The summed E-state index contributed by atoms with van der Waals surface area (Å²) in [6, 6.07) is 23.4. The maximum absolute atomic E-state index is 11.1. The van der Waals surface area contributed by atoms with E-state index in [4.69, 9.17) is 23.2 Å². The Morgan fingerprint density at radius 1 is 0.615 bits per heavy atom. The first-order valence-corrected chi connectivity index (χ1v) is 8.66. The minimum absolute atomic E-state index is 0.614. The van der Waals surface area contributed by atoms with Crippen molar-refractivity contribution in [1.29, 1.82) is 0 Å². The normalized spacial score (nSPS) is 10.3. The molecule has 0 radical (unpaired) electrons. The van der Waals surface area contributed by atoms with Crippen LogP contribution in [0.1, 0.15) is 16.7 Å². The first-order valence-electron chi connectivity index (χ1n) is 7.90. The first-order chi connectivity index (χ1) is 12.5. The molecule has 0 aliphatic heterocycles. The van der Waals surface area contributed by atoms with Gasteiger partial charge in [-0.05, 0) is 60.4 Å². The van der Waals surface area contributed by atoms with Gasteiger partial charge in [0.1, 0.15) is 0 Å². The highest BCUT2D eigenvalue weighted by molar-refractivity contribution is 6.30. The summed E-state index contributed by atoms with van der Waals surface area (Å²) in [4.78, 5) is 0. The lowest BCUT2D eigenvalue weighted by molar-refractivity contribution is 0.165. The Labute approximate surface area is 163 Å². The summed E-state index contributed by atoms with van der Waals surface area (Å²) in [6.45, 7) is 0. The summed E-state index contributed by atoms with van der Waals surface area (Å²) in [5, 5.41) is 12.4. The van der Waals surface area contributed by atoms with Crippen LogP contribution in [0.5, 0.6) is 0 Å². The van der Waals surface area contributed by atoms with Gasteiger partial charge in [-0.15, -0.1) is 0 Å². The van der Waals surface area contributed by atoms with Crippen molar-refractivity contribution in [3.8, 4) is 23.7 Å². The van der Waals surface area contributed by atoms with E-state index in [0.29, 0.717) is 15.6 Å². The van der Waals surface area contributed by atoms with Gasteiger partial charge in [0.2, 0.25) is 5.60 Å². The van der Waals surface area contributed by atoms with Crippen LogP contribution in [0, 0.1) is 23.7 Å². The van der Waals surface area contributed by atoms with Gasteiger partial charge < -0.3 is 5.11 Å². The quantitative estimate of drug-likeness (QED) is 0.572. The van der Waals surface area contributed by atoms with Crippen LogP contribution in [0.25, 0.3) is 0 Å². The zero-order chi connectivity index (χ0) is 18.4. The molecule has 0 aliphatic rings. The molecule has 0 saturated carbocycles. The summed E-state index contributed by atoms with van der Waals surface area (Å²) in [6.07, 6.45) is 0. The van der Waals surface area contributed by atoms with E-state index in [0.717, 1.165) is 11.1 Å². The number of hydrogen-bond acceptors (Lipinski definition) is 1. The fourth-order valence-electron chi connectivity index (χ4n) is 2.25. The zero-order valence-corrected chi connectivity index (χ0v) is 15.2. The predicted octanol–water partition coefficient (Wildman–Crippen LogP) is 5.28. The molecule has 0 atom stereocenters. The fourth-order valence-corrected chi connectivity index (χ4v) is 2.50. The van der Waals surface area contributed by atoms with Gasteiger partial charge in [-0.25, -0.2) is 0 Å². The SMILES string of the molecule is OC(C#Cc1ccc(Cl)cc1)(C#Cc1ccc(Cl)cc1)c1ccccc1. The molecule has 0 unspecified atom stereocenters. The van der Waals surface area contributed by atoms with Gasteiger partial charge in [-0.3, -0.25) is 0 Å². The molecular formula is C23H14Cl2O. The molecule has 1 nitrogen and oxygen atoms in total. The van der Waals surface area contributed by atoms with Gasteiger partial charge in [-0.2, -0.15) is 0 Å². The molecule has 3 aromatic carbocycles. The topological polar surface area (TPSA) is 20.2 Å². The first kappa shape index (κ1) is 18.1. The lowest BCUT2D eigenvalue weighted by Crippen LogP contribution is -2.21. The highest BCUT2D eigenvalue weighted by atomic mass is 35.5. The van der Waals surface area contributed by atoms with Gasteiger partial charge in [0, 0.05) is 26.7 Å². The Balaban J connectivity index is 2.01. The predicted molar refractivity (Wildman–Crippen MR) is 107 cm³/mol. The molecule has 3 rings (SSSR count). The smallest absolute Gasteiger partial charge is 0.214 e. The zero-order valence-electron chi connectivity index (χ0n) is 13.7. The maximum atomic E-state index is 11.1. The van der Waals surface area contributed by atoms with Crippen molar-refractivity contribution in [1.82, 2.24) is 0 Å². The maximum Gasteiger partial charge on any atom is 0.214 e. The Kier molecular flexibility index (Phi) is 5.67. The number of aliphatic hydroxyl groups is 1. The standard InChI is InChI=1S/C23H14Cl2O/c24-21-10-6-18(7-11-21)14-16-23(26,20-4-2-1-3-5-20)17-15-19-8-12-22(25)13-9-19/h1-13,26H. The van der Waals surface area contributed by atoms with E-state index in [1.54, 1.807) is 60.7 Å². The molecule has 3 heteroatoms. The van der Waals surface area contributed by atoms with Crippen LogP contribution in [-0.4, -0.2) is 5.11 Å². The van der Waals surface area contributed by atoms with Gasteiger partial charge in [-0.1, -0.05) is 65.4 Å². The number of halogens is 2. The van der Waals surface area contributed by atoms with Crippen LogP contribution in [0.4, 0.5) is 0 Å². The summed E-state index contributed by atoms with van der Waals surface area (Å²) in [7, 11) is 0. The molecule has 0 saturated heterocycles. The van der Waals surface area contributed by atoms with Gasteiger partial charge in [0.05, 0.1) is 0 Å². The molecule has 0 fully saturated rings. The molecule has 0 aromatic heterocycles. The number of rotatable bonds is 1. The molecule has 0 amide bonds. The summed E-state index contributed by atoms with van der Waals surface area (Å²) < 4.78 is 0. The second-order valence-corrected chi connectivity index (χ2v) is 6.46. The minimum Gasteiger partial charge on any atom is -0.363 e. The number of benzene rings is 3. The molecule has 26 heavy (non-hydrogen) atoms. The third kappa shape index (κ3) is 4.69. The number of hydrogen-bond donors (Lipinski definition) is 1. The van der Waals surface area contributed by atoms with E-state index in [-0.39, 0.29) is 0 Å².